The van der Waals surface area contributed by atoms with Gasteiger partial charge in [0.05, 0.1) is 9.92 Å². The third-order valence-electron chi connectivity index (χ3n) is 3.67. The fourth-order valence-corrected chi connectivity index (χ4v) is 4.14. The first-order chi connectivity index (χ1) is 10.8. The van der Waals surface area contributed by atoms with E-state index in [1.165, 1.54) is 18.3 Å². The van der Waals surface area contributed by atoms with Gasteiger partial charge in [0.15, 0.2) is 0 Å². The van der Waals surface area contributed by atoms with E-state index in [0.29, 0.717) is 15.8 Å². The Kier molecular flexibility index (Phi) is 6.26. The van der Waals surface area contributed by atoms with Gasteiger partial charge in [-0.1, -0.05) is 55.5 Å². The van der Waals surface area contributed by atoms with Crippen molar-refractivity contribution in [2.24, 2.45) is 0 Å². The molecule has 0 unspecified atom stereocenters. The summed E-state index contributed by atoms with van der Waals surface area (Å²) in [7, 11) is -3.60. The molecule has 0 spiro atoms. The van der Waals surface area contributed by atoms with E-state index < -0.39 is 10.0 Å². The summed E-state index contributed by atoms with van der Waals surface area (Å²) in [6, 6.07) is 4.58. The minimum absolute atomic E-state index is 0.116. The summed E-state index contributed by atoms with van der Waals surface area (Å²) in [6.45, 7) is 3.99. The number of rotatable bonds is 7. The minimum Gasteiger partial charge on any atom is -0.242 e. The zero-order valence-corrected chi connectivity index (χ0v) is 15.5. The molecule has 23 heavy (non-hydrogen) atoms. The average molecular weight is 375 g/mol. The molecule has 0 aliphatic carbocycles. The van der Waals surface area contributed by atoms with Crippen LogP contribution in [0.5, 0.6) is 0 Å². The van der Waals surface area contributed by atoms with Crippen molar-refractivity contribution >= 4 is 44.0 Å². The quantitative estimate of drug-likeness (QED) is 0.559. The van der Waals surface area contributed by atoms with E-state index >= 15 is 0 Å². The van der Waals surface area contributed by atoms with E-state index in [2.05, 4.69) is 16.6 Å². The second-order valence-electron chi connectivity index (χ2n) is 5.62. The lowest BCUT2D eigenvalue weighted by atomic mass is 10.1. The first-order valence-electron chi connectivity index (χ1n) is 7.61. The zero-order chi connectivity index (χ0) is 17.0. The molecule has 2 rings (SSSR count). The maximum absolute atomic E-state index is 12.5. The van der Waals surface area contributed by atoms with Crippen molar-refractivity contribution in [2.45, 2.75) is 50.5 Å². The molecule has 1 atom stereocenters. The summed E-state index contributed by atoms with van der Waals surface area (Å²) in [5, 5.41) is 1.88. The van der Waals surface area contributed by atoms with E-state index in [-0.39, 0.29) is 16.1 Å². The van der Waals surface area contributed by atoms with Crippen molar-refractivity contribution in [3.63, 3.8) is 0 Å². The predicted octanol–water partition coefficient (Wildman–Crippen LogP) is 4.79. The molecule has 7 heteroatoms. The fraction of sp³-hybridized carbons (Fsp3) is 0.438. The summed E-state index contributed by atoms with van der Waals surface area (Å²) in [5.74, 6) is 0. The van der Waals surface area contributed by atoms with Crippen LogP contribution in [0.25, 0.3) is 10.8 Å². The van der Waals surface area contributed by atoms with Gasteiger partial charge in [-0.2, -0.15) is 0 Å². The van der Waals surface area contributed by atoms with Gasteiger partial charge in [0.25, 0.3) is 0 Å². The van der Waals surface area contributed by atoms with Crippen LogP contribution >= 0.6 is 23.2 Å². The summed E-state index contributed by atoms with van der Waals surface area (Å²) >= 11 is 12.1. The van der Waals surface area contributed by atoms with Gasteiger partial charge in [0.2, 0.25) is 10.0 Å². The highest BCUT2D eigenvalue weighted by Gasteiger charge is 2.18. The van der Waals surface area contributed by atoms with E-state index in [1.54, 1.807) is 6.07 Å². The van der Waals surface area contributed by atoms with Gasteiger partial charge in [0, 0.05) is 23.0 Å². The lowest BCUT2D eigenvalue weighted by molar-refractivity contribution is 0.527. The maximum atomic E-state index is 12.5. The molecule has 0 saturated heterocycles. The molecule has 1 aromatic carbocycles. The highest BCUT2D eigenvalue weighted by atomic mass is 35.5. The van der Waals surface area contributed by atoms with Crippen LogP contribution in [-0.2, 0) is 10.0 Å². The Hall–Kier alpha value is -0.880. The summed E-state index contributed by atoms with van der Waals surface area (Å²) < 4.78 is 27.7. The number of nitrogens with one attached hydrogen (secondary N) is 1. The van der Waals surface area contributed by atoms with Crippen molar-refractivity contribution in [1.82, 2.24) is 9.71 Å². The normalized spacial score (nSPS) is 13.4. The molecule has 0 aliphatic rings. The molecule has 1 aromatic heterocycles. The monoisotopic (exact) mass is 374 g/mol. The van der Waals surface area contributed by atoms with Crippen LogP contribution in [0.15, 0.2) is 29.3 Å². The molecule has 0 amide bonds. The molecule has 0 aliphatic heterocycles. The second kappa shape index (κ2) is 7.79. The smallest absolute Gasteiger partial charge is 0.240 e. The SMILES string of the molecule is CCCCC[C@H](C)NS(=O)(=O)c1ccc2c(Cl)cnc(Cl)c2c1. The number of hydrogen-bond acceptors (Lipinski definition) is 3. The number of halogens is 2. The topological polar surface area (TPSA) is 59.1 Å². The van der Waals surface area contributed by atoms with Crippen LogP contribution in [0.1, 0.15) is 39.5 Å². The standard InChI is InChI=1S/C16H20Cl2N2O2S/c1-3-4-5-6-11(2)20-23(21,22)12-7-8-13-14(9-12)16(18)19-10-15(13)17/h7-11,20H,3-6H2,1-2H3/t11-/m0/s1. The predicted molar refractivity (Wildman–Crippen MR) is 95.7 cm³/mol. The minimum atomic E-state index is -3.60. The number of sulfonamides is 1. The summed E-state index contributed by atoms with van der Waals surface area (Å²) in [5.41, 5.74) is 0. The van der Waals surface area contributed by atoms with Gasteiger partial charge < -0.3 is 0 Å². The van der Waals surface area contributed by atoms with Crippen molar-refractivity contribution in [1.29, 1.82) is 0 Å². The second-order valence-corrected chi connectivity index (χ2v) is 8.10. The van der Waals surface area contributed by atoms with Crippen LogP contribution in [0.4, 0.5) is 0 Å². The number of benzene rings is 1. The zero-order valence-electron chi connectivity index (χ0n) is 13.1. The molecule has 0 fully saturated rings. The van der Waals surface area contributed by atoms with Crippen molar-refractivity contribution in [3.05, 3.63) is 34.6 Å². The number of nitrogens with zero attached hydrogens (tertiary/aromatic N) is 1. The van der Waals surface area contributed by atoms with Crippen LogP contribution in [-0.4, -0.2) is 19.4 Å². The molecule has 1 N–H and O–H groups in total. The van der Waals surface area contributed by atoms with Crippen LogP contribution < -0.4 is 4.72 Å². The largest absolute Gasteiger partial charge is 0.242 e. The van der Waals surface area contributed by atoms with Crippen LogP contribution in [0, 0.1) is 0 Å². The number of fused-ring (bicyclic) bond motifs is 1. The highest BCUT2D eigenvalue weighted by Crippen LogP contribution is 2.29. The molecule has 0 bridgehead atoms. The first kappa shape index (κ1) is 18.5. The third-order valence-corrected chi connectivity index (χ3v) is 5.86. The first-order valence-corrected chi connectivity index (χ1v) is 9.85. The van der Waals surface area contributed by atoms with E-state index in [0.717, 1.165) is 25.7 Å². The molecule has 2 aromatic rings. The van der Waals surface area contributed by atoms with E-state index in [1.807, 2.05) is 6.92 Å². The summed E-state index contributed by atoms with van der Waals surface area (Å²) in [4.78, 5) is 4.12. The van der Waals surface area contributed by atoms with Crippen LogP contribution in [0.2, 0.25) is 10.2 Å². The fourth-order valence-electron chi connectivity index (χ4n) is 2.41. The molecule has 4 nitrogen and oxygen atoms in total. The van der Waals surface area contributed by atoms with Crippen molar-refractivity contribution in [3.8, 4) is 0 Å². The lowest BCUT2D eigenvalue weighted by Crippen LogP contribution is -2.32. The van der Waals surface area contributed by atoms with Crippen molar-refractivity contribution in [2.75, 3.05) is 0 Å². The lowest BCUT2D eigenvalue weighted by Gasteiger charge is -2.14. The Morgan fingerprint density at radius 2 is 1.96 bits per heavy atom. The van der Waals surface area contributed by atoms with E-state index in [9.17, 15) is 8.42 Å². The third kappa shape index (κ3) is 4.57. The molecule has 0 saturated carbocycles. The van der Waals surface area contributed by atoms with E-state index in [4.69, 9.17) is 23.2 Å². The van der Waals surface area contributed by atoms with Gasteiger partial charge in [0.1, 0.15) is 5.15 Å². The Morgan fingerprint density at radius 3 is 2.65 bits per heavy atom. The van der Waals surface area contributed by atoms with Gasteiger partial charge in [-0.3, -0.25) is 0 Å². The Balaban J connectivity index is 2.26. The van der Waals surface area contributed by atoms with Gasteiger partial charge in [-0.15, -0.1) is 0 Å². The summed E-state index contributed by atoms with van der Waals surface area (Å²) in [6.07, 6.45) is 5.48. The number of pyridine rings is 1. The maximum Gasteiger partial charge on any atom is 0.240 e. The highest BCUT2D eigenvalue weighted by molar-refractivity contribution is 7.89. The van der Waals surface area contributed by atoms with Gasteiger partial charge in [-0.05, 0) is 25.5 Å². The van der Waals surface area contributed by atoms with Gasteiger partial charge >= 0.3 is 0 Å². The number of aromatic nitrogens is 1. The Bertz CT molecular complexity index is 794. The Morgan fingerprint density at radius 1 is 1.22 bits per heavy atom. The molecule has 126 valence electrons. The molecule has 1 heterocycles. The number of hydrogen-bond donors (Lipinski definition) is 1. The van der Waals surface area contributed by atoms with Gasteiger partial charge in [-0.25, -0.2) is 18.1 Å². The number of unbranched alkanes of at least 4 members (excludes halogenated alkanes) is 2. The average Bonchev–Trinajstić information content (AvgIpc) is 2.50. The van der Waals surface area contributed by atoms with Crippen molar-refractivity contribution < 1.29 is 8.42 Å². The van der Waals surface area contributed by atoms with Crippen LogP contribution in [0.3, 0.4) is 0 Å². The molecular formula is C16H20Cl2N2O2S. The molecule has 0 radical (unpaired) electrons. The molecular weight excluding hydrogens is 355 g/mol. The Labute approximate surface area is 147 Å².